The van der Waals surface area contributed by atoms with Crippen LogP contribution < -0.4 is 0 Å². The van der Waals surface area contributed by atoms with E-state index in [4.69, 9.17) is 33.2 Å². The van der Waals surface area contributed by atoms with Crippen LogP contribution in [0.1, 0.15) is 431 Å². The van der Waals surface area contributed by atoms with Gasteiger partial charge >= 0.3 is 0 Å². The molecule has 0 aliphatic rings. The van der Waals surface area contributed by atoms with Crippen molar-refractivity contribution < 1.29 is 9.59 Å². The largest absolute Gasteiger partial charge is 0.337 e. The van der Waals surface area contributed by atoms with Crippen molar-refractivity contribution in [2.24, 2.45) is 23.7 Å². The standard InChI is InChI=1S/C100H150Cl2N4O2S6/c1-11-21-29-35-39-41-43-47-53-61-75-83(69-107)111-99-93-97(113-95(75)99)85-89-90(104-88(82-66-78(102)80(110-82)64-72(20-10)56-28-18-8)87(103-89)81-65-77(101)79(109-81)63-71(19-9)55-27-17-7)86-92(91(85)105(93)67-73(57-49-33-25-15-5)59-51-45-37-31-23-13-3)106(68-74(58-50-34-26-16-6)60-52-46-38-32-24-14-4)94-98(86)114-96-76(84(70-108)112-100(94)96)62-54-48-44-42-40-36-30-22-12-2/h65-66,69-74H,11-64,67-68H2,1-10H3. The second-order valence-corrected chi connectivity index (χ2v) is 42.2. The van der Waals surface area contributed by atoms with Crippen LogP contribution in [0.5, 0.6) is 0 Å². The molecule has 0 radical (unpaired) electrons. The van der Waals surface area contributed by atoms with Gasteiger partial charge in [0.25, 0.3) is 0 Å². The zero-order valence-corrected chi connectivity index (χ0v) is 79.4. The smallest absolute Gasteiger partial charge is 0.160 e. The van der Waals surface area contributed by atoms with Gasteiger partial charge in [0.2, 0.25) is 0 Å². The van der Waals surface area contributed by atoms with Gasteiger partial charge < -0.3 is 9.13 Å². The summed E-state index contributed by atoms with van der Waals surface area (Å²) in [5, 5.41) is 4.15. The maximum absolute atomic E-state index is 14.0. The van der Waals surface area contributed by atoms with Gasteiger partial charge in [-0.1, -0.05) is 375 Å². The summed E-state index contributed by atoms with van der Waals surface area (Å²) in [6.45, 7) is 25.2. The van der Waals surface area contributed by atoms with Gasteiger partial charge in [-0.05, 0) is 111 Å². The number of thiophene rings is 6. The summed E-state index contributed by atoms with van der Waals surface area (Å²) in [6, 6.07) is 4.52. The molecule has 0 fully saturated rings. The molecule has 632 valence electrons. The Kier molecular flexibility index (Phi) is 41.0. The fraction of sp³-hybridized carbons (Fsp3) is 0.700. The predicted octanol–water partition coefficient (Wildman–Crippen LogP) is 37.1. The first-order valence-electron chi connectivity index (χ1n) is 47.6. The lowest BCUT2D eigenvalue weighted by Crippen LogP contribution is -2.14. The number of aromatic nitrogens is 4. The van der Waals surface area contributed by atoms with Gasteiger partial charge in [-0.15, -0.1) is 68.0 Å². The molecule has 1 aromatic carbocycles. The molecule has 0 saturated heterocycles. The second kappa shape index (κ2) is 50.3. The van der Waals surface area contributed by atoms with Crippen molar-refractivity contribution in [1.82, 2.24) is 19.1 Å². The first kappa shape index (κ1) is 93.1. The van der Waals surface area contributed by atoms with Crippen LogP contribution in [0, 0.1) is 23.7 Å². The van der Waals surface area contributed by atoms with Gasteiger partial charge in [0.05, 0.1) is 79.8 Å². The highest BCUT2D eigenvalue weighted by Gasteiger charge is 2.35. The number of hydrogen-bond donors (Lipinski definition) is 0. The van der Waals surface area contributed by atoms with Crippen molar-refractivity contribution in [1.29, 1.82) is 0 Å². The van der Waals surface area contributed by atoms with E-state index < -0.39 is 0 Å². The summed E-state index contributed by atoms with van der Waals surface area (Å²) in [7, 11) is 0. The lowest BCUT2D eigenvalue weighted by Gasteiger charge is -2.22. The van der Waals surface area contributed by atoms with Crippen LogP contribution in [0.2, 0.25) is 10.0 Å². The summed E-state index contributed by atoms with van der Waals surface area (Å²) in [5.41, 5.74) is 11.6. The summed E-state index contributed by atoms with van der Waals surface area (Å²) in [4.78, 5) is 47.4. The Bertz CT molecular complexity index is 4210. The molecule has 6 nitrogen and oxygen atoms in total. The van der Waals surface area contributed by atoms with E-state index in [1.807, 2.05) is 45.3 Å². The molecule has 0 aliphatic carbocycles. The molecule has 0 spiro atoms. The SMILES string of the molecule is CCCCCCCCCCCc1c(C=O)sc2c1sc1c3c4nc(-c5cc(Cl)c(CC(CC)CCCC)s5)c(-c5cc(Cl)c(CC(CC)CCCC)s5)nc4c4c5sc6c(CCCCCCCCCCC)c(C=O)sc6c5n(CC(CCCCCC)CCCCCCCC)c4c3n(CC(CCCCCC)CCCCCCCC)c21. The minimum atomic E-state index is 0.456. The van der Waals surface area contributed by atoms with Crippen molar-refractivity contribution >= 4 is 176 Å². The molecular formula is C100H150Cl2N4O2S6. The van der Waals surface area contributed by atoms with Gasteiger partial charge in [-0.25, -0.2) is 9.97 Å². The van der Waals surface area contributed by atoms with Crippen LogP contribution in [0.4, 0.5) is 0 Å². The molecule has 0 saturated carbocycles. The summed E-state index contributed by atoms with van der Waals surface area (Å²) in [6.07, 6.45) is 68.7. The molecule has 0 aliphatic heterocycles. The number of fused-ring (bicyclic) bond motifs is 14. The molecule has 10 rings (SSSR count). The van der Waals surface area contributed by atoms with Gasteiger partial charge in [0.1, 0.15) is 22.4 Å². The molecule has 4 unspecified atom stereocenters. The highest BCUT2D eigenvalue weighted by molar-refractivity contribution is 7.35. The first-order chi connectivity index (χ1) is 56.0. The van der Waals surface area contributed by atoms with Crippen LogP contribution in [0.3, 0.4) is 0 Å². The van der Waals surface area contributed by atoms with Gasteiger partial charge in [0, 0.05) is 33.6 Å². The quantitative estimate of drug-likeness (QED) is 0.0281. The lowest BCUT2D eigenvalue weighted by molar-refractivity contribution is 0.111. The molecule has 114 heavy (non-hydrogen) atoms. The van der Waals surface area contributed by atoms with Crippen LogP contribution in [-0.2, 0) is 38.8 Å². The van der Waals surface area contributed by atoms with E-state index in [-0.39, 0.29) is 0 Å². The normalized spacial score (nSPS) is 13.4. The van der Waals surface area contributed by atoms with E-state index >= 15 is 0 Å². The number of halogens is 2. The number of nitrogens with zero attached hydrogens (tertiary/aromatic N) is 4. The van der Waals surface area contributed by atoms with Gasteiger partial charge in [-0.3, -0.25) is 9.59 Å². The number of benzene rings is 1. The third-order valence-electron chi connectivity index (χ3n) is 25.9. The van der Waals surface area contributed by atoms with E-state index in [1.54, 1.807) is 22.7 Å². The Morgan fingerprint density at radius 3 is 0.921 bits per heavy atom. The molecule has 0 bridgehead atoms. The fourth-order valence-electron chi connectivity index (χ4n) is 18.9. The minimum Gasteiger partial charge on any atom is -0.337 e. The number of unbranched alkanes of at least 4 members (excludes halogenated alkanes) is 34. The fourth-order valence-corrected chi connectivity index (χ4v) is 27.6. The summed E-state index contributed by atoms with van der Waals surface area (Å²) in [5.74, 6) is 2.01. The third kappa shape index (κ3) is 24.6. The molecule has 4 atom stereocenters. The molecular weight excluding hydrogens is 1550 g/mol. The number of aryl methyl sites for hydroxylation is 2. The van der Waals surface area contributed by atoms with Crippen molar-refractivity contribution in [2.75, 3.05) is 0 Å². The maximum Gasteiger partial charge on any atom is 0.160 e. The average molecular weight is 1700 g/mol. The van der Waals surface area contributed by atoms with E-state index in [1.165, 1.54) is 390 Å². The van der Waals surface area contributed by atoms with Crippen molar-refractivity contribution in [2.45, 2.75) is 429 Å². The highest BCUT2D eigenvalue weighted by atomic mass is 35.5. The highest BCUT2D eigenvalue weighted by Crippen LogP contribution is 2.56. The molecule has 10 aromatic rings. The number of hydrogen-bond acceptors (Lipinski definition) is 10. The van der Waals surface area contributed by atoms with E-state index in [9.17, 15) is 9.59 Å². The topological polar surface area (TPSA) is 69.8 Å². The van der Waals surface area contributed by atoms with Crippen LogP contribution >= 0.6 is 91.2 Å². The zero-order chi connectivity index (χ0) is 80.6. The van der Waals surface area contributed by atoms with Gasteiger partial charge in [-0.2, -0.15) is 0 Å². The third-order valence-corrected chi connectivity index (χ3v) is 34.2. The van der Waals surface area contributed by atoms with Crippen molar-refractivity contribution in [3.05, 3.63) is 52.8 Å². The van der Waals surface area contributed by atoms with Crippen LogP contribution in [0.25, 0.3) is 93.2 Å². The van der Waals surface area contributed by atoms with E-state index in [2.05, 4.69) is 90.5 Å². The molecule has 9 aromatic heterocycles. The van der Waals surface area contributed by atoms with Crippen LogP contribution in [0.15, 0.2) is 12.1 Å². The molecule has 14 heteroatoms. The van der Waals surface area contributed by atoms with Crippen molar-refractivity contribution in [3.63, 3.8) is 0 Å². The monoisotopic (exact) mass is 1700 g/mol. The molecule has 0 N–H and O–H groups in total. The second-order valence-electron chi connectivity index (χ2n) is 35.0. The van der Waals surface area contributed by atoms with E-state index in [0.29, 0.717) is 23.7 Å². The summed E-state index contributed by atoms with van der Waals surface area (Å²) >= 11 is 26.7. The minimum absolute atomic E-state index is 0.456. The van der Waals surface area contributed by atoms with E-state index in [0.717, 1.165) is 116 Å². The Morgan fingerprint density at radius 1 is 0.325 bits per heavy atom. The number of carbonyl (C=O) groups excluding carboxylic acids is 2. The molecule has 0 amide bonds. The average Bonchev–Trinajstić information content (AvgIpc) is 1.50. The first-order valence-corrected chi connectivity index (χ1v) is 53.2. The Morgan fingerprint density at radius 2 is 0.614 bits per heavy atom. The lowest BCUT2D eigenvalue weighted by atomic mass is 9.93. The Labute approximate surface area is 725 Å². The van der Waals surface area contributed by atoms with Crippen LogP contribution in [-0.4, -0.2) is 31.7 Å². The molecule has 9 heterocycles. The summed E-state index contributed by atoms with van der Waals surface area (Å²) < 4.78 is 13.6. The number of carbonyl (C=O) groups is 2. The predicted molar refractivity (Wildman–Crippen MR) is 516 cm³/mol. The number of aldehydes is 2. The van der Waals surface area contributed by atoms with Crippen molar-refractivity contribution in [3.8, 4) is 21.1 Å². The zero-order valence-electron chi connectivity index (χ0n) is 73.0. The Balaban J connectivity index is 1.35. The Hall–Kier alpha value is -3.20. The van der Waals surface area contributed by atoms with Gasteiger partial charge in [0.15, 0.2) is 12.6 Å². The maximum atomic E-state index is 14.0. The number of rotatable bonds is 64.